The van der Waals surface area contributed by atoms with E-state index in [4.69, 9.17) is 16.3 Å². The average molecular weight is 488 g/mol. The summed E-state index contributed by atoms with van der Waals surface area (Å²) in [6.07, 6.45) is 2.09. The SMILES string of the molecule is Cc1c(Cl)cnc2c3c(nn12)CN(C(=O)c1ccc(F)cc1O[C@@H]1CC2CC(F)C(C1)N2C)C3. The molecule has 6 rings (SSSR count). The fourth-order valence-electron chi connectivity index (χ4n) is 5.60. The van der Waals surface area contributed by atoms with Gasteiger partial charge in [-0.1, -0.05) is 11.6 Å². The molecule has 3 aliphatic heterocycles. The molecule has 1 amide bonds. The van der Waals surface area contributed by atoms with Gasteiger partial charge in [-0.15, -0.1) is 0 Å². The first-order valence-electron chi connectivity index (χ1n) is 11.4. The molecule has 2 bridgehead atoms. The number of rotatable bonds is 3. The highest BCUT2D eigenvalue weighted by Gasteiger charge is 2.46. The Labute approximate surface area is 200 Å². The second-order valence-corrected chi connectivity index (χ2v) is 9.91. The van der Waals surface area contributed by atoms with E-state index in [0.717, 1.165) is 17.0 Å². The predicted molar refractivity (Wildman–Crippen MR) is 121 cm³/mol. The molecule has 178 valence electrons. The molecule has 0 spiro atoms. The smallest absolute Gasteiger partial charge is 0.258 e. The first-order valence-corrected chi connectivity index (χ1v) is 11.8. The van der Waals surface area contributed by atoms with Crippen LogP contribution in [-0.2, 0) is 13.1 Å². The number of benzene rings is 1. The number of piperidine rings is 1. The molecule has 2 fully saturated rings. The lowest BCUT2D eigenvalue weighted by Crippen LogP contribution is -2.45. The Morgan fingerprint density at radius 3 is 2.85 bits per heavy atom. The summed E-state index contributed by atoms with van der Waals surface area (Å²) in [5.74, 6) is -0.547. The highest BCUT2D eigenvalue weighted by molar-refractivity contribution is 6.31. The van der Waals surface area contributed by atoms with Crippen molar-refractivity contribution >= 4 is 23.2 Å². The molecule has 0 aliphatic carbocycles. The van der Waals surface area contributed by atoms with E-state index in [2.05, 4.69) is 15.0 Å². The second-order valence-electron chi connectivity index (χ2n) is 9.50. The van der Waals surface area contributed by atoms with Gasteiger partial charge in [0.15, 0.2) is 5.65 Å². The van der Waals surface area contributed by atoms with E-state index >= 15 is 0 Å². The number of hydrogen-bond donors (Lipinski definition) is 0. The van der Waals surface area contributed by atoms with Crippen molar-refractivity contribution in [2.75, 3.05) is 7.05 Å². The van der Waals surface area contributed by atoms with Crippen molar-refractivity contribution in [3.8, 4) is 5.75 Å². The van der Waals surface area contributed by atoms with E-state index in [9.17, 15) is 13.6 Å². The minimum Gasteiger partial charge on any atom is -0.489 e. The Hall–Kier alpha value is -2.78. The van der Waals surface area contributed by atoms with Gasteiger partial charge in [-0.2, -0.15) is 5.10 Å². The van der Waals surface area contributed by atoms with Gasteiger partial charge in [-0.3, -0.25) is 9.69 Å². The van der Waals surface area contributed by atoms with Gasteiger partial charge in [0, 0.05) is 36.3 Å². The number of aromatic nitrogens is 3. The molecule has 0 N–H and O–H groups in total. The van der Waals surface area contributed by atoms with Crippen molar-refractivity contribution < 1.29 is 18.3 Å². The highest BCUT2D eigenvalue weighted by Crippen LogP contribution is 2.39. The maximum Gasteiger partial charge on any atom is 0.258 e. The Morgan fingerprint density at radius 1 is 1.24 bits per heavy atom. The van der Waals surface area contributed by atoms with Gasteiger partial charge in [-0.25, -0.2) is 18.3 Å². The van der Waals surface area contributed by atoms with Gasteiger partial charge in [-0.05, 0) is 38.9 Å². The number of aryl methyl sites for hydroxylation is 1. The molecule has 5 heterocycles. The molecule has 7 nitrogen and oxygen atoms in total. The summed E-state index contributed by atoms with van der Waals surface area (Å²) >= 11 is 6.16. The fraction of sp³-hybridized carbons (Fsp3) is 0.458. The van der Waals surface area contributed by atoms with E-state index in [0.29, 0.717) is 48.6 Å². The summed E-state index contributed by atoms with van der Waals surface area (Å²) in [5, 5.41) is 5.12. The maximum absolute atomic E-state index is 14.3. The Kier molecular flexibility index (Phi) is 5.04. The fourth-order valence-corrected chi connectivity index (χ4v) is 5.72. The minimum absolute atomic E-state index is 0.0980. The number of carbonyl (C=O) groups is 1. The first-order chi connectivity index (χ1) is 16.3. The largest absolute Gasteiger partial charge is 0.489 e. The summed E-state index contributed by atoms with van der Waals surface area (Å²) in [6.45, 7) is 2.52. The van der Waals surface area contributed by atoms with Crippen LogP contribution in [0.1, 0.15) is 46.6 Å². The molecule has 10 heteroatoms. The zero-order valence-electron chi connectivity index (χ0n) is 18.8. The van der Waals surface area contributed by atoms with E-state index < -0.39 is 12.0 Å². The average Bonchev–Trinajstić information content (AvgIpc) is 3.40. The van der Waals surface area contributed by atoms with Gasteiger partial charge >= 0.3 is 0 Å². The number of halogens is 3. The summed E-state index contributed by atoms with van der Waals surface area (Å²) < 4.78 is 36.3. The molecular formula is C24H24ClF2N5O2. The van der Waals surface area contributed by atoms with Crippen LogP contribution in [0, 0.1) is 12.7 Å². The van der Waals surface area contributed by atoms with Gasteiger partial charge in [0.05, 0.1) is 35.1 Å². The van der Waals surface area contributed by atoms with Gasteiger partial charge < -0.3 is 9.64 Å². The number of ether oxygens (including phenoxy) is 1. The summed E-state index contributed by atoms with van der Waals surface area (Å²) in [7, 11) is 1.94. The Bertz CT molecular complexity index is 1310. The normalized spacial score (nSPS) is 26.3. The van der Waals surface area contributed by atoms with Crippen LogP contribution in [-0.4, -0.2) is 61.7 Å². The number of nitrogens with zero attached hydrogens (tertiary/aromatic N) is 5. The van der Waals surface area contributed by atoms with E-state index in [1.165, 1.54) is 18.2 Å². The van der Waals surface area contributed by atoms with Crippen LogP contribution in [0.2, 0.25) is 5.02 Å². The van der Waals surface area contributed by atoms with Crippen LogP contribution in [0.4, 0.5) is 8.78 Å². The number of fused-ring (bicyclic) bond motifs is 5. The molecule has 3 aliphatic rings. The van der Waals surface area contributed by atoms with Crippen LogP contribution in [0.25, 0.3) is 5.65 Å². The van der Waals surface area contributed by atoms with Crippen LogP contribution in [0.3, 0.4) is 0 Å². The molecule has 3 aromatic rings. The third-order valence-corrected chi connectivity index (χ3v) is 7.87. The highest BCUT2D eigenvalue weighted by atomic mass is 35.5. The second kappa shape index (κ2) is 7.88. The van der Waals surface area contributed by atoms with Crippen LogP contribution in [0.15, 0.2) is 24.4 Å². The standard InChI is InChI=1S/C24H24ClF2N5O2/c1-12-18(25)9-28-23-17-10-31(11-20(17)29-32(12)23)24(33)16-4-3-13(26)5-22(16)34-15-6-14-7-19(27)21(8-15)30(14)2/h3-5,9,14-15,19,21H,6-8,10-11H2,1-2H3/t14?,15-,19?,21?/m1/s1. The number of alkyl halides is 1. The topological polar surface area (TPSA) is 63.0 Å². The molecule has 3 unspecified atom stereocenters. The lowest BCUT2D eigenvalue weighted by atomic mass is 10.00. The molecule has 2 saturated heterocycles. The molecule has 0 saturated carbocycles. The van der Waals surface area contributed by atoms with Crippen molar-refractivity contribution in [1.82, 2.24) is 24.4 Å². The van der Waals surface area contributed by atoms with Crippen LogP contribution >= 0.6 is 11.6 Å². The van der Waals surface area contributed by atoms with Crippen molar-refractivity contribution in [3.63, 3.8) is 0 Å². The summed E-state index contributed by atoms with van der Waals surface area (Å²) in [5.41, 5.74) is 3.38. The van der Waals surface area contributed by atoms with Gasteiger partial charge in [0.1, 0.15) is 23.8 Å². The summed E-state index contributed by atoms with van der Waals surface area (Å²) in [4.78, 5) is 21.6. The van der Waals surface area contributed by atoms with Crippen molar-refractivity contribution in [3.05, 3.63) is 57.8 Å². The van der Waals surface area contributed by atoms with Gasteiger partial charge in [0.2, 0.25) is 0 Å². The van der Waals surface area contributed by atoms with Gasteiger partial charge in [0.25, 0.3) is 5.91 Å². The molecule has 4 atom stereocenters. The lowest BCUT2D eigenvalue weighted by molar-refractivity contribution is 0.0531. The number of hydrogen-bond acceptors (Lipinski definition) is 5. The monoisotopic (exact) mass is 487 g/mol. The molecule has 2 aromatic heterocycles. The minimum atomic E-state index is -0.883. The molecule has 34 heavy (non-hydrogen) atoms. The third-order valence-electron chi connectivity index (χ3n) is 7.50. The van der Waals surface area contributed by atoms with Crippen molar-refractivity contribution in [1.29, 1.82) is 0 Å². The zero-order chi connectivity index (χ0) is 23.7. The molecule has 1 aromatic carbocycles. The van der Waals surface area contributed by atoms with E-state index in [1.54, 1.807) is 15.6 Å². The predicted octanol–water partition coefficient (Wildman–Crippen LogP) is 3.94. The van der Waals surface area contributed by atoms with Crippen LogP contribution < -0.4 is 4.74 Å². The van der Waals surface area contributed by atoms with E-state index in [1.807, 2.05) is 14.0 Å². The van der Waals surface area contributed by atoms with Crippen LogP contribution in [0.5, 0.6) is 5.75 Å². The number of carbonyl (C=O) groups excluding carboxylic acids is 1. The first kappa shape index (κ1) is 21.7. The van der Waals surface area contributed by atoms with E-state index in [-0.39, 0.29) is 29.8 Å². The Balaban J connectivity index is 1.25. The van der Waals surface area contributed by atoms with Crippen molar-refractivity contribution in [2.45, 2.75) is 63.6 Å². The Morgan fingerprint density at radius 2 is 2.06 bits per heavy atom. The zero-order valence-corrected chi connectivity index (χ0v) is 19.6. The maximum atomic E-state index is 14.3. The summed E-state index contributed by atoms with van der Waals surface area (Å²) in [6, 6.07) is 3.86. The number of amides is 1. The quantitative estimate of drug-likeness (QED) is 0.560. The lowest BCUT2D eigenvalue weighted by Gasteiger charge is -2.36. The molecule has 0 radical (unpaired) electrons. The molecular weight excluding hydrogens is 464 g/mol. The van der Waals surface area contributed by atoms with Crippen molar-refractivity contribution in [2.24, 2.45) is 0 Å². The third kappa shape index (κ3) is 3.36.